The van der Waals surface area contributed by atoms with Crippen molar-refractivity contribution >= 4 is 17.8 Å². The predicted molar refractivity (Wildman–Crippen MR) is 84.7 cm³/mol. The van der Waals surface area contributed by atoms with E-state index in [9.17, 15) is 14.4 Å². The van der Waals surface area contributed by atoms with Crippen LogP contribution in [0.1, 0.15) is 39.0 Å². The number of hydrogen-bond acceptors (Lipinski definition) is 4. The molecule has 1 atom stereocenters. The van der Waals surface area contributed by atoms with Crippen LogP contribution in [-0.4, -0.2) is 77.4 Å². The van der Waals surface area contributed by atoms with Gasteiger partial charge in [-0.1, -0.05) is 0 Å². The van der Waals surface area contributed by atoms with Crippen LogP contribution in [0.5, 0.6) is 0 Å². The second kappa shape index (κ2) is 6.86. The van der Waals surface area contributed by atoms with E-state index in [0.29, 0.717) is 18.6 Å². The van der Waals surface area contributed by atoms with Crippen LogP contribution in [0, 0.1) is 0 Å². The molecule has 1 unspecified atom stereocenters. The Morgan fingerprint density at radius 2 is 2.04 bits per heavy atom. The second-order valence-corrected chi connectivity index (χ2v) is 6.79. The van der Waals surface area contributed by atoms with Gasteiger partial charge in [-0.3, -0.25) is 19.4 Å². The molecule has 3 fully saturated rings. The van der Waals surface area contributed by atoms with E-state index in [1.54, 1.807) is 6.92 Å². The maximum Gasteiger partial charge on any atom is 0.324 e. The van der Waals surface area contributed by atoms with Crippen LogP contribution >= 0.6 is 0 Å². The summed E-state index contributed by atoms with van der Waals surface area (Å²) in [6.07, 6.45) is 5.35. The molecule has 1 saturated carbocycles. The number of carbonyl (C=O) groups is 3. The van der Waals surface area contributed by atoms with Gasteiger partial charge in [0.05, 0.1) is 6.54 Å². The van der Waals surface area contributed by atoms with Crippen LogP contribution in [0.2, 0.25) is 0 Å². The molecule has 0 radical (unpaired) electrons. The summed E-state index contributed by atoms with van der Waals surface area (Å²) < 4.78 is 0. The summed E-state index contributed by atoms with van der Waals surface area (Å²) in [4.78, 5) is 40.6. The minimum absolute atomic E-state index is 0.125. The molecule has 3 rings (SSSR count). The Kier molecular flexibility index (Phi) is 4.84. The lowest BCUT2D eigenvalue weighted by Crippen LogP contribution is -2.44. The van der Waals surface area contributed by atoms with Crippen LogP contribution in [0.4, 0.5) is 4.79 Å². The van der Waals surface area contributed by atoms with E-state index < -0.39 is 0 Å². The molecule has 128 valence electrons. The number of nitrogens with one attached hydrogen (secondary N) is 1. The van der Waals surface area contributed by atoms with Gasteiger partial charge in [-0.2, -0.15) is 0 Å². The molecule has 23 heavy (non-hydrogen) atoms. The van der Waals surface area contributed by atoms with Gasteiger partial charge < -0.3 is 10.2 Å². The predicted octanol–water partition coefficient (Wildman–Crippen LogP) is 0.404. The molecule has 2 saturated heterocycles. The van der Waals surface area contributed by atoms with Gasteiger partial charge in [0.2, 0.25) is 11.8 Å². The summed E-state index contributed by atoms with van der Waals surface area (Å²) in [5.74, 6) is 0.0446. The molecule has 0 aromatic carbocycles. The Balaban J connectivity index is 1.46. The van der Waals surface area contributed by atoms with Gasteiger partial charge in [0.15, 0.2) is 0 Å². The first-order valence-corrected chi connectivity index (χ1v) is 8.65. The van der Waals surface area contributed by atoms with Gasteiger partial charge in [0, 0.05) is 38.6 Å². The zero-order valence-electron chi connectivity index (χ0n) is 13.8. The summed E-state index contributed by atoms with van der Waals surface area (Å²) >= 11 is 0. The van der Waals surface area contributed by atoms with Crippen molar-refractivity contribution in [3.63, 3.8) is 0 Å². The van der Waals surface area contributed by atoms with Gasteiger partial charge >= 0.3 is 6.03 Å². The van der Waals surface area contributed by atoms with Gasteiger partial charge in [0.1, 0.15) is 0 Å². The van der Waals surface area contributed by atoms with Gasteiger partial charge in [0.25, 0.3) is 0 Å². The molecule has 0 aromatic heterocycles. The summed E-state index contributed by atoms with van der Waals surface area (Å²) in [7, 11) is 0. The lowest BCUT2D eigenvalue weighted by Gasteiger charge is -2.30. The smallest absolute Gasteiger partial charge is 0.324 e. The van der Waals surface area contributed by atoms with E-state index in [4.69, 9.17) is 0 Å². The highest BCUT2D eigenvalue weighted by atomic mass is 16.2. The largest absolute Gasteiger partial charge is 0.338 e. The van der Waals surface area contributed by atoms with Crippen molar-refractivity contribution in [1.82, 2.24) is 20.0 Å². The van der Waals surface area contributed by atoms with Crippen molar-refractivity contribution in [1.29, 1.82) is 0 Å². The Hall–Kier alpha value is -1.63. The summed E-state index contributed by atoms with van der Waals surface area (Å²) in [5.41, 5.74) is 0. The molecule has 2 heterocycles. The third kappa shape index (κ3) is 3.83. The van der Waals surface area contributed by atoms with Crippen molar-refractivity contribution in [2.75, 3.05) is 32.7 Å². The van der Waals surface area contributed by atoms with E-state index in [2.05, 4.69) is 10.2 Å². The Bertz CT molecular complexity index is 476. The third-order valence-electron chi connectivity index (χ3n) is 5.06. The lowest BCUT2D eigenvalue weighted by atomic mass is 10.2. The normalized spacial score (nSPS) is 25.1. The van der Waals surface area contributed by atoms with E-state index in [0.717, 1.165) is 51.7 Å². The minimum Gasteiger partial charge on any atom is -0.338 e. The van der Waals surface area contributed by atoms with Crippen LogP contribution < -0.4 is 5.32 Å². The molecular weight excluding hydrogens is 296 g/mol. The monoisotopic (exact) mass is 322 g/mol. The lowest BCUT2D eigenvalue weighted by molar-refractivity contribution is -0.130. The molecule has 0 aromatic rings. The van der Waals surface area contributed by atoms with E-state index in [1.807, 2.05) is 4.90 Å². The van der Waals surface area contributed by atoms with E-state index >= 15 is 0 Å². The van der Waals surface area contributed by atoms with E-state index in [-0.39, 0.29) is 24.4 Å². The zero-order valence-corrected chi connectivity index (χ0v) is 13.8. The van der Waals surface area contributed by atoms with Crippen LogP contribution in [0.15, 0.2) is 0 Å². The van der Waals surface area contributed by atoms with Crippen molar-refractivity contribution in [3.8, 4) is 0 Å². The highest BCUT2D eigenvalue weighted by Gasteiger charge is 2.35. The number of hydrogen-bond donors (Lipinski definition) is 1. The highest BCUT2D eigenvalue weighted by Crippen LogP contribution is 2.29. The van der Waals surface area contributed by atoms with Crippen molar-refractivity contribution < 1.29 is 14.4 Å². The number of likely N-dealkylation sites (tertiary alicyclic amines) is 1. The number of nitrogens with zero attached hydrogens (tertiary/aromatic N) is 3. The molecule has 3 aliphatic rings. The molecule has 7 heteroatoms. The van der Waals surface area contributed by atoms with Crippen LogP contribution in [0.3, 0.4) is 0 Å². The average Bonchev–Trinajstić information content (AvgIpc) is 3.18. The van der Waals surface area contributed by atoms with Crippen molar-refractivity contribution in [2.45, 2.75) is 51.1 Å². The highest BCUT2D eigenvalue weighted by molar-refractivity contribution is 6.01. The molecule has 4 amide bonds. The SMILES string of the molecule is CC(=O)N(CC1CCCN1CCCN1C(=O)CNC1=O)C1CC1. The average molecular weight is 322 g/mol. The van der Waals surface area contributed by atoms with Gasteiger partial charge in [-0.15, -0.1) is 0 Å². The van der Waals surface area contributed by atoms with Crippen LogP contribution in [-0.2, 0) is 9.59 Å². The molecule has 7 nitrogen and oxygen atoms in total. The molecule has 0 bridgehead atoms. The first-order chi connectivity index (χ1) is 11.1. The fourth-order valence-corrected chi connectivity index (χ4v) is 3.66. The summed E-state index contributed by atoms with van der Waals surface area (Å²) in [5, 5.41) is 2.54. The number of carbonyl (C=O) groups excluding carboxylic acids is 3. The fraction of sp³-hybridized carbons (Fsp3) is 0.812. The maximum absolute atomic E-state index is 11.8. The van der Waals surface area contributed by atoms with Gasteiger partial charge in [-0.05, 0) is 38.6 Å². The second-order valence-electron chi connectivity index (χ2n) is 6.79. The molecular formula is C16H26N4O3. The summed E-state index contributed by atoms with van der Waals surface area (Å²) in [6.45, 7) is 5.00. The Morgan fingerprint density at radius 3 is 2.65 bits per heavy atom. The minimum atomic E-state index is -0.274. The van der Waals surface area contributed by atoms with Crippen molar-refractivity contribution in [2.24, 2.45) is 0 Å². The van der Waals surface area contributed by atoms with Crippen LogP contribution in [0.25, 0.3) is 0 Å². The van der Waals surface area contributed by atoms with Gasteiger partial charge in [-0.25, -0.2) is 4.79 Å². The topological polar surface area (TPSA) is 73.0 Å². The molecule has 0 spiro atoms. The zero-order chi connectivity index (χ0) is 16.4. The van der Waals surface area contributed by atoms with E-state index in [1.165, 1.54) is 4.90 Å². The Morgan fingerprint density at radius 1 is 1.26 bits per heavy atom. The quantitative estimate of drug-likeness (QED) is 0.689. The number of rotatable bonds is 7. The summed E-state index contributed by atoms with van der Waals surface area (Å²) in [6, 6.07) is 0.605. The molecule has 1 aliphatic carbocycles. The first-order valence-electron chi connectivity index (χ1n) is 8.65. The number of urea groups is 1. The molecule has 2 aliphatic heterocycles. The molecule has 1 N–H and O–H groups in total. The third-order valence-corrected chi connectivity index (χ3v) is 5.06. The fourth-order valence-electron chi connectivity index (χ4n) is 3.66. The Labute approximate surface area is 137 Å². The first kappa shape index (κ1) is 16.2. The standard InChI is InChI=1S/C16H26N4O3/c1-12(21)20(13-5-6-13)11-14-4-2-7-18(14)8-3-9-19-15(22)10-17-16(19)23/h13-14H,2-11H2,1H3,(H,17,23). The number of imide groups is 1. The number of amides is 4. The van der Waals surface area contributed by atoms with Crippen molar-refractivity contribution in [3.05, 3.63) is 0 Å². The maximum atomic E-state index is 11.8.